The van der Waals surface area contributed by atoms with Gasteiger partial charge in [0.2, 0.25) is 5.91 Å². The fourth-order valence-corrected chi connectivity index (χ4v) is 1.90. The van der Waals surface area contributed by atoms with Gasteiger partial charge in [-0.15, -0.1) is 11.3 Å². The largest absolute Gasteiger partial charge is 0.464 e. The lowest BCUT2D eigenvalue weighted by Crippen LogP contribution is -2.25. The van der Waals surface area contributed by atoms with Gasteiger partial charge >= 0.3 is 5.97 Å². The molecule has 0 unspecified atom stereocenters. The highest BCUT2D eigenvalue weighted by Crippen LogP contribution is 2.15. The van der Waals surface area contributed by atoms with Crippen molar-refractivity contribution in [1.82, 2.24) is 10.3 Å². The Hall–Kier alpha value is -1.63. The number of carbonyl (C=O) groups excluding carboxylic acids is 2. The predicted molar refractivity (Wildman–Crippen MR) is 69.9 cm³/mol. The third-order valence-electron chi connectivity index (χ3n) is 2.10. The monoisotopic (exact) mass is 271 g/mol. The van der Waals surface area contributed by atoms with Crippen LogP contribution in [0, 0.1) is 0 Å². The number of methoxy groups -OCH3 is 1. The Labute approximate surface area is 110 Å². The van der Waals surface area contributed by atoms with Crippen LogP contribution in [0.15, 0.2) is 5.38 Å². The van der Waals surface area contributed by atoms with Gasteiger partial charge in [0.05, 0.1) is 7.11 Å². The molecule has 0 atom stereocenters. The predicted octanol–water partition coefficient (Wildman–Crippen LogP) is 1.26. The number of hydrogen-bond acceptors (Lipinski definition) is 6. The average molecular weight is 271 g/mol. The third-order valence-corrected chi connectivity index (χ3v) is 2.90. The van der Waals surface area contributed by atoms with Gasteiger partial charge in [0.25, 0.3) is 0 Å². The summed E-state index contributed by atoms with van der Waals surface area (Å²) >= 11 is 1.31. The molecule has 2 N–H and O–H groups in total. The van der Waals surface area contributed by atoms with Crippen LogP contribution in [0.4, 0.5) is 5.13 Å². The Bertz CT molecular complexity index is 406. The number of rotatable bonds is 7. The van der Waals surface area contributed by atoms with Crippen LogP contribution in [-0.2, 0) is 9.53 Å². The zero-order chi connectivity index (χ0) is 13.4. The number of anilines is 1. The maximum Gasteiger partial charge on any atom is 0.357 e. The number of aromatic nitrogens is 1. The summed E-state index contributed by atoms with van der Waals surface area (Å²) in [5.41, 5.74) is 0.278. The molecule has 0 radical (unpaired) electrons. The van der Waals surface area contributed by atoms with Crippen LogP contribution in [0.1, 0.15) is 30.3 Å². The molecule has 18 heavy (non-hydrogen) atoms. The number of nitrogens with one attached hydrogen (secondary N) is 2. The van der Waals surface area contributed by atoms with Crippen molar-refractivity contribution >= 4 is 28.3 Å². The Balaban J connectivity index is 2.29. The van der Waals surface area contributed by atoms with Gasteiger partial charge in [-0.2, -0.15) is 0 Å². The first-order valence-electron chi connectivity index (χ1n) is 5.71. The summed E-state index contributed by atoms with van der Waals surface area (Å²) < 4.78 is 4.55. The second-order valence-electron chi connectivity index (χ2n) is 3.56. The van der Waals surface area contributed by atoms with Crippen molar-refractivity contribution in [2.24, 2.45) is 0 Å². The first kappa shape index (κ1) is 14.4. The topological polar surface area (TPSA) is 80.3 Å². The molecule has 0 aliphatic rings. The summed E-state index contributed by atoms with van der Waals surface area (Å²) in [6.07, 6.45) is 1.31. The molecule has 0 aromatic carbocycles. The second kappa shape index (κ2) is 7.65. The maximum absolute atomic E-state index is 11.3. The van der Waals surface area contributed by atoms with E-state index in [9.17, 15) is 9.59 Å². The highest BCUT2D eigenvalue weighted by molar-refractivity contribution is 7.13. The molecule has 0 bridgehead atoms. The molecule has 1 heterocycles. The Morgan fingerprint density at radius 1 is 1.44 bits per heavy atom. The van der Waals surface area contributed by atoms with Gasteiger partial charge in [-0.3, -0.25) is 4.79 Å². The molecular weight excluding hydrogens is 254 g/mol. The molecule has 0 saturated carbocycles. The van der Waals surface area contributed by atoms with Crippen molar-refractivity contribution in [2.45, 2.75) is 19.8 Å². The van der Waals surface area contributed by atoms with E-state index in [1.165, 1.54) is 18.4 Å². The molecule has 100 valence electrons. The number of thiazole rings is 1. The van der Waals surface area contributed by atoms with Crippen molar-refractivity contribution < 1.29 is 14.3 Å². The van der Waals surface area contributed by atoms with E-state index in [4.69, 9.17) is 0 Å². The second-order valence-corrected chi connectivity index (χ2v) is 4.41. The summed E-state index contributed by atoms with van der Waals surface area (Å²) in [5, 5.41) is 8.00. The number of esters is 1. The van der Waals surface area contributed by atoms with Crippen LogP contribution in [0.3, 0.4) is 0 Å². The Morgan fingerprint density at radius 2 is 2.22 bits per heavy atom. The van der Waals surface area contributed by atoms with E-state index >= 15 is 0 Å². The zero-order valence-electron chi connectivity index (χ0n) is 10.5. The van der Waals surface area contributed by atoms with Crippen molar-refractivity contribution in [3.8, 4) is 0 Å². The lowest BCUT2D eigenvalue weighted by molar-refractivity contribution is -0.120. The fourth-order valence-electron chi connectivity index (χ4n) is 1.19. The normalized spacial score (nSPS) is 9.89. The van der Waals surface area contributed by atoms with E-state index in [0.29, 0.717) is 24.6 Å². The first-order valence-corrected chi connectivity index (χ1v) is 6.59. The average Bonchev–Trinajstić information content (AvgIpc) is 2.84. The van der Waals surface area contributed by atoms with E-state index in [2.05, 4.69) is 20.4 Å². The lowest BCUT2D eigenvalue weighted by atomic mass is 10.4. The minimum Gasteiger partial charge on any atom is -0.464 e. The smallest absolute Gasteiger partial charge is 0.357 e. The van der Waals surface area contributed by atoms with E-state index < -0.39 is 5.97 Å². The van der Waals surface area contributed by atoms with E-state index in [0.717, 1.165) is 6.42 Å². The summed E-state index contributed by atoms with van der Waals surface area (Å²) in [5.74, 6) is -0.450. The summed E-state index contributed by atoms with van der Waals surface area (Å²) in [6, 6.07) is 0. The van der Waals surface area contributed by atoms with Crippen LogP contribution in [0.2, 0.25) is 0 Å². The molecule has 0 aliphatic heterocycles. The zero-order valence-corrected chi connectivity index (χ0v) is 11.3. The summed E-state index contributed by atoms with van der Waals surface area (Å²) in [4.78, 5) is 26.5. The Morgan fingerprint density at radius 3 is 2.89 bits per heavy atom. The van der Waals surface area contributed by atoms with Crippen LogP contribution in [-0.4, -0.2) is 37.1 Å². The van der Waals surface area contributed by atoms with E-state index in [1.807, 2.05) is 6.92 Å². The first-order chi connectivity index (χ1) is 8.67. The van der Waals surface area contributed by atoms with Gasteiger partial charge in [0, 0.05) is 24.9 Å². The number of ether oxygens (including phenoxy) is 1. The van der Waals surface area contributed by atoms with Gasteiger partial charge < -0.3 is 15.4 Å². The van der Waals surface area contributed by atoms with Gasteiger partial charge in [0.15, 0.2) is 10.8 Å². The molecule has 0 fully saturated rings. The van der Waals surface area contributed by atoms with E-state index in [-0.39, 0.29) is 11.6 Å². The third kappa shape index (κ3) is 4.70. The van der Waals surface area contributed by atoms with Crippen LogP contribution < -0.4 is 10.6 Å². The number of carbonyl (C=O) groups is 2. The molecular formula is C11H17N3O3S. The van der Waals surface area contributed by atoms with Gasteiger partial charge in [-0.1, -0.05) is 6.92 Å². The molecule has 6 nitrogen and oxygen atoms in total. The fraction of sp³-hybridized carbons (Fsp3) is 0.545. The highest BCUT2D eigenvalue weighted by Gasteiger charge is 2.10. The van der Waals surface area contributed by atoms with Gasteiger partial charge in [-0.05, 0) is 6.42 Å². The Kier molecular flexibility index (Phi) is 6.13. The molecule has 1 rings (SSSR count). The van der Waals surface area contributed by atoms with Crippen molar-refractivity contribution in [3.63, 3.8) is 0 Å². The SMILES string of the molecule is CCCNC(=O)CCNc1nc(C(=O)OC)cs1. The standard InChI is InChI=1S/C11H17N3O3S/c1-3-5-12-9(15)4-6-13-11-14-8(7-18-11)10(16)17-2/h7H,3-6H2,1-2H3,(H,12,15)(H,13,14). The summed E-state index contributed by atoms with van der Waals surface area (Å²) in [7, 11) is 1.31. The van der Waals surface area contributed by atoms with Crippen LogP contribution in [0.25, 0.3) is 0 Å². The molecule has 7 heteroatoms. The van der Waals surface area contributed by atoms with Crippen LogP contribution >= 0.6 is 11.3 Å². The molecule has 0 spiro atoms. The quantitative estimate of drug-likeness (QED) is 0.730. The molecule has 1 amide bonds. The molecule has 1 aromatic rings. The molecule has 0 saturated heterocycles. The number of nitrogens with zero attached hydrogens (tertiary/aromatic N) is 1. The molecule has 0 aliphatic carbocycles. The van der Waals surface area contributed by atoms with E-state index in [1.54, 1.807) is 5.38 Å². The maximum atomic E-state index is 11.3. The minimum absolute atomic E-state index is 0.00842. The summed E-state index contributed by atoms with van der Waals surface area (Å²) in [6.45, 7) is 3.19. The number of amides is 1. The number of hydrogen-bond donors (Lipinski definition) is 2. The van der Waals surface area contributed by atoms with Crippen molar-refractivity contribution in [3.05, 3.63) is 11.1 Å². The van der Waals surface area contributed by atoms with Crippen LogP contribution in [0.5, 0.6) is 0 Å². The minimum atomic E-state index is -0.458. The highest BCUT2D eigenvalue weighted by atomic mass is 32.1. The van der Waals surface area contributed by atoms with Crippen molar-refractivity contribution in [2.75, 3.05) is 25.5 Å². The van der Waals surface area contributed by atoms with Crippen molar-refractivity contribution in [1.29, 1.82) is 0 Å². The molecule has 1 aromatic heterocycles. The van der Waals surface area contributed by atoms with Gasteiger partial charge in [0.1, 0.15) is 0 Å². The lowest BCUT2D eigenvalue weighted by Gasteiger charge is -2.03. The van der Waals surface area contributed by atoms with Gasteiger partial charge in [-0.25, -0.2) is 9.78 Å².